The van der Waals surface area contributed by atoms with Crippen LogP contribution in [0.15, 0.2) is 42.5 Å². The van der Waals surface area contributed by atoms with Crippen LogP contribution in [0.5, 0.6) is 0 Å². The third kappa shape index (κ3) is 7.15. The molecule has 2 aromatic carbocycles. The zero-order valence-corrected chi connectivity index (χ0v) is 27.5. The Morgan fingerprint density at radius 2 is 1.91 bits per heavy atom. The number of hydrogen-bond donors (Lipinski definition) is 3. The second-order valence-electron chi connectivity index (χ2n) is 11.7. The molecule has 0 aliphatic carbocycles. The van der Waals surface area contributed by atoms with Crippen LogP contribution in [-0.4, -0.2) is 95.2 Å². The number of hydrazine groups is 1. The van der Waals surface area contributed by atoms with E-state index in [0.29, 0.717) is 17.4 Å². The van der Waals surface area contributed by atoms with Crippen molar-refractivity contribution in [3.8, 4) is 0 Å². The molecule has 0 unspecified atom stereocenters. The lowest BCUT2D eigenvalue weighted by atomic mass is 9.99. The minimum Gasteiger partial charge on any atom is -0.375 e. The molecule has 2 aliphatic heterocycles. The van der Waals surface area contributed by atoms with E-state index in [4.69, 9.17) is 5.73 Å². The second-order valence-corrected chi connectivity index (χ2v) is 14.5. The summed E-state index contributed by atoms with van der Waals surface area (Å²) in [4.78, 5) is 49.2. The molecule has 45 heavy (non-hydrogen) atoms. The van der Waals surface area contributed by atoms with Crippen molar-refractivity contribution in [3.63, 3.8) is 0 Å². The maximum absolute atomic E-state index is 14.2. The highest BCUT2D eigenvalue weighted by atomic mass is 32.2. The van der Waals surface area contributed by atoms with Crippen molar-refractivity contribution < 1.29 is 22.8 Å². The number of nitrogens with two attached hydrogens (primary N) is 1. The van der Waals surface area contributed by atoms with E-state index in [1.165, 1.54) is 11.3 Å². The lowest BCUT2D eigenvalue weighted by Gasteiger charge is -2.47. The van der Waals surface area contributed by atoms with Crippen LogP contribution in [0.1, 0.15) is 44.7 Å². The summed E-state index contributed by atoms with van der Waals surface area (Å²) in [7, 11) is -3.45. The van der Waals surface area contributed by atoms with Gasteiger partial charge < -0.3 is 20.9 Å². The third-order valence-electron chi connectivity index (χ3n) is 7.91. The van der Waals surface area contributed by atoms with Gasteiger partial charge in [0, 0.05) is 31.2 Å². The van der Waals surface area contributed by atoms with Crippen LogP contribution in [0, 0.1) is 0 Å². The minimum atomic E-state index is -3.45. The van der Waals surface area contributed by atoms with Gasteiger partial charge >= 0.3 is 6.03 Å². The number of nitrogen functional groups attached to an aromatic ring is 1. The number of carbonyl (C=O) groups is 3. The zero-order chi connectivity index (χ0) is 32.5. The van der Waals surface area contributed by atoms with Gasteiger partial charge in [-0.15, -0.1) is 0 Å². The number of piperazine rings is 1. The molecule has 2 atom stereocenters. The Hall–Kier alpha value is -3.95. The highest BCUT2D eigenvalue weighted by molar-refractivity contribution is 7.92. The number of fused-ring (bicyclic) bond motifs is 2. The van der Waals surface area contributed by atoms with Gasteiger partial charge in [0.1, 0.15) is 12.2 Å². The molecule has 2 aliphatic rings. The van der Waals surface area contributed by atoms with Gasteiger partial charge in [0.25, 0.3) is 0 Å². The first kappa shape index (κ1) is 32.4. The monoisotopic (exact) mass is 656 g/mol. The van der Waals surface area contributed by atoms with Crippen LogP contribution >= 0.6 is 11.3 Å². The Morgan fingerprint density at radius 3 is 2.58 bits per heavy atom. The summed E-state index contributed by atoms with van der Waals surface area (Å²) in [5.74, 6) is -0.460. The van der Waals surface area contributed by atoms with Crippen LogP contribution < -0.4 is 15.8 Å². The summed E-state index contributed by atoms with van der Waals surface area (Å²) < 4.78 is 26.7. The first-order valence-electron chi connectivity index (χ1n) is 15.0. The predicted octanol–water partition coefficient (Wildman–Crippen LogP) is 2.81. The number of benzene rings is 2. The van der Waals surface area contributed by atoms with Crippen molar-refractivity contribution >= 4 is 60.2 Å². The van der Waals surface area contributed by atoms with E-state index >= 15 is 0 Å². The lowest BCUT2D eigenvalue weighted by Crippen LogP contribution is -2.66. The van der Waals surface area contributed by atoms with Crippen molar-refractivity contribution in [1.29, 1.82) is 0 Å². The SMILES string of the molecule is CCCCNC(=O)N(C(C)C)N1CC(=O)N2[C@@H](Cc3ccc(NS(C)(=O)=O)cc3)C(=O)N(Cc3cccc4sc(N)nc34)C[C@@H]21. The van der Waals surface area contributed by atoms with Gasteiger partial charge in [-0.2, -0.15) is 5.01 Å². The number of para-hydroxylation sites is 1. The van der Waals surface area contributed by atoms with E-state index in [-0.39, 0.29) is 49.9 Å². The molecular weight excluding hydrogens is 617 g/mol. The van der Waals surface area contributed by atoms with E-state index in [1.54, 1.807) is 44.1 Å². The predicted molar refractivity (Wildman–Crippen MR) is 174 cm³/mol. The molecular formula is C30H40N8O5S2. The lowest BCUT2D eigenvalue weighted by molar-refractivity contribution is -0.158. The van der Waals surface area contributed by atoms with E-state index in [0.717, 1.165) is 40.4 Å². The summed E-state index contributed by atoms with van der Waals surface area (Å²) in [5, 5.41) is 6.79. The molecule has 13 nitrogen and oxygen atoms in total. The Labute approximate surface area is 267 Å². The number of thiazole rings is 1. The summed E-state index contributed by atoms with van der Waals surface area (Å²) >= 11 is 1.38. The third-order valence-corrected chi connectivity index (χ3v) is 9.37. The fourth-order valence-electron chi connectivity index (χ4n) is 5.97. The molecule has 2 fully saturated rings. The number of rotatable bonds is 11. The van der Waals surface area contributed by atoms with Gasteiger partial charge in [-0.05, 0) is 49.6 Å². The number of carbonyl (C=O) groups excluding carboxylic acids is 3. The number of nitrogens with one attached hydrogen (secondary N) is 2. The number of sulfonamides is 1. The van der Waals surface area contributed by atoms with E-state index in [9.17, 15) is 22.8 Å². The number of nitrogens with zero attached hydrogens (tertiary/aromatic N) is 5. The van der Waals surface area contributed by atoms with Crippen LogP contribution in [-0.2, 0) is 32.6 Å². The molecule has 0 saturated carbocycles. The number of anilines is 2. The molecule has 242 valence electrons. The zero-order valence-electron chi connectivity index (χ0n) is 25.9. The quantitative estimate of drug-likeness (QED) is 0.266. The van der Waals surface area contributed by atoms with Crippen molar-refractivity contribution in [2.75, 3.05) is 36.3 Å². The number of urea groups is 1. The van der Waals surface area contributed by atoms with Gasteiger partial charge in [0.2, 0.25) is 21.8 Å². The first-order valence-corrected chi connectivity index (χ1v) is 17.7. The van der Waals surface area contributed by atoms with Crippen molar-refractivity contribution in [1.82, 2.24) is 30.1 Å². The molecule has 5 rings (SSSR count). The average Bonchev–Trinajstić information content (AvgIpc) is 3.50. The molecule has 15 heteroatoms. The summed E-state index contributed by atoms with van der Waals surface area (Å²) in [5.41, 5.74) is 8.73. The van der Waals surface area contributed by atoms with Crippen molar-refractivity contribution in [3.05, 3.63) is 53.6 Å². The molecule has 3 aromatic rings. The molecule has 0 radical (unpaired) electrons. The van der Waals surface area contributed by atoms with Gasteiger partial charge in [-0.1, -0.05) is 48.9 Å². The fourth-order valence-corrected chi connectivity index (χ4v) is 7.31. The number of aromatic nitrogens is 1. The average molecular weight is 657 g/mol. The second kappa shape index (κ2) is 13.2. The highest BCUT2D eigenvalue weighted by Crippen LogP contribution is 2.33. The van der Waals surface area contributed by atoms with Crippen LogP contribution in [0.25, 0.3) is 10.2 Å². The molecule has 0 spiro atoms. The van der Waals surface area contributed by atoms with E-state index < -0.39 is 22.2 Å². The Bertz CT molecular complexity index is 1680. The molecule has 1 aromatic heterocycles. The van der Waals surface area contributed by atoms with Crippen LogP contribution in [0.4, 0.5) is 15.6 Å². The summed E-state index contributed by atoms with van der Waals surface area (Å²) in [6, 6.07) is 11.1. The molecule has 0 bridgehead atoms. The van der Waals surface area contributed by atoms with Crippen molar-refractivity contribution in [2.45, 2.75) is 64.8 Å². The van der Waals surface area contributed by atoms with Gasteiger partial charge in [0.15, 0.2) is 5.13 Å². The smallest absolute Gasteiger partial charge is 0.332 e. The number of amides is 4. The van der Waals surface area contributed by atoms with Gasteiger partial charge in [-0.3, -0.25) is 19.3 Å². The first-order chi connectivity index (χ1) is 21.4. The van der Waals surface area contributed by atoms with Crippen molar-refractivity contribution in [2.24, 2.45) is 0 Å². The molecule has 2 saturated heterocycles. The topological polar surface area (TPSA) is 161 Å². The molecule has 4 N–H and O–H groups in total. The maximum atomic E-state index is 14.2. The number of unbranched alkanes of at least 4 members (excludes halogenated alkanes) is 1. The van der Waals surface area contributed by atoms with Gasteiger partial charge in [-0.25, -0.2) is 18.2 Å². The van der Waals surface area contributed by atoms with E-state index in [2.05, 4.69) is 15.0 Å². The Morgan fingerprint density at radius 1 is 1.18 bits per heavy atom. The van der Waals surface area contributed by atoms with Crippen LogP contribution in [0.2, 0.25) is 0 Å². The van der Waals surface area contributed by atoms with E-state index in [1.807, 2.05) is 39.0 Å². The molecule has 4 amide bonds. The number of hydrogen-bond acceptors (Lipinski definition) is 9. The largest absolute Gasteiger partial charge is 0.375 e. The Balaban J connectivity index is 1.48. The summed E-state index contributed by atoms with van der Waals surface area (Å²) in [6.07, 6.45) is 2.48. The van der Waals surface area contributed by atoms with Crippen LogP contribution in [0.3, 0.4) is 0 Å². The minimum absolute atomic E-state index is 0.0446. The standard InChI is InChI=1S/C30H40N8O5S2/c1-5-6-14-32-30(41)38(19(2)3)36-18-26(39)37-23(15-20-10-12-22(13-11-20)34-45(4,42)43)28(40)35(17-25(36)37)16-21-8-7-9-24-27(21)33-29(31)44-24/h7-13,19,23,25,34H,5-6,14-18H2,1-4H3,(H2,31,33)(H,32,41)/t23-,25+/m0/s1. The highest BCUT2D eigenvalue weighted by Gasteiger charge is 2.52. The maximum Gasteiger partial charge on any atom is 0.332 e. The fraction of sp³-hybridized carbons (Fsp3) is 0.467. The molecule has 3 heterocycles. The van der Waals surface area contributed by atoms with Gasteiger partial charge in [0.05, 0.1) is 29.6 Å². The Kier molecular flexibility index (Phi) is 9.51. The normalized spacial score (nSPS) is 19.0. The summed E-state index contributed by atoms with van der Waals surface area (Å²) in [6.45, 7) is 6.77.